The first-order valence-electron chi connectivity index (χ1n) is 7.56. The summed E-state index contributed by atoms with van der Waals surface area (Å²) in [5, 5.41) is 0. The van der Waals surface area contributed by atoms with E-state index in [-0.39, 0.29) is 23.4 Å². The van der Waals surface area contributed by atoms with E-state index in [1.807, 2.05) is 0 Å². The van der Waals surface area contributed by atoms with E-state index in [0.29, 0.717) is 5.57 Å². The van der Waals surface area contributed by atoms with Gasteiger partial charge in [0, 0.05) is 16.7 Å². The van der Waals surface area contributed by atoms with Gasteiger partial charge in [-0.2, -0.15) is 0 Å². The van der Waals surface area contributed by atoms with Crippen molar-refractivity contribution >= 4 is 11.6 Å². The molecule has 0 N–H and O–H groups in total. The molecule has 2 atom stereocenters. The molecule has 2 heteroatoms. The lowest BCUT2D eigenvalue weighted by Gasteiger charge is -2.33. The highest BCUT2D eigenvalue weighted by Gasteiger charge is 2.36. The van der Waals surface area contributed by atoms with Crippen LogP contribution in [0.4, 0.5) is 0 Å². The maximum absolute atomic E-state index is 12.5. The van der Waals surface area contributed by atoms with Crippen molar-refractivity contribution in [1.82, 2.24) is 0 Å². The van der Waals surface area contributed by atoms with Gasteiger partial charge in [-0.3, -0.25) is 9.59 Å². The minimum Gasteiger partial charge on any atom is -0.290 e. The second-order valence-electron chi connectivity index (χ2n) is 6.38. The number of carbonyl (C=O) groups excluding carboxylic acids is 2. The predicted octanol–water partition coefficient (Wildman–Crippen LogP) is 4.17. The molecule has 0 aromatic carbocycles. The van der Waals surface area contributed by atoms with Gasteiger partial charge < -0.3 is 0 Å². The Labute approximate surface area is 121 Å². The summed E-state index contributed by atoms with van der Waals surface area (Å²) in [4.78, 5) is 24.7. The number of rotatable bonds is 3. The van der Waals surface area contributed by atoms with Gasteiger partial charge in [0.1, 0.15) is 0 Å². The number of hydrogen-bond acceptors (Lipinski definition) is 2. The van der Waals surface area contributed by atoms with Crippen molar-refractivity contribution in [3.05, 3.63) is 34.4 Å². The first kappa shape index (κ1) is 15.0. The summed E-state index contributed by atoms with van der Waals surface area (Å²) in [6, 6.07) is 0. The molecule has 0 aromatic heterocycles. The van der Waals surface area contributed by atoms with Crippen molar-refractivity contribution in [2.24, 2.45) is 11.8 Å². The molecule has 0 aliphatic heterocycles. The topological polar surface area (TPSA) is 34.1 Å². The van der Waals surface area contributed by atoms with Crippen molar-refractivity contribution < 1.29 is 9.59 Å². The monoisotopic (exact) mass is 272 g/mol. The molecule has 0 spiro atoms. The average molecular weight is 272 g/mol. The summed E-state index contributed by atoms with van der Waals surface area (Å²) in [5.74, 6) is 0.660. The number of carbonyl (C=O) groups is 2. The number of hydrogen-bond donors (Lipinski definition) is 0. The fraction of sp³-hybridized carbons (Fsp3) is 0.556. The van der Waals surface area contributed by atoms with E-state index in [4.69, 9.17) is 0 Å². The van der Waals surface area contributed by atoms with Crippen LogP contribution in [0.3, 0.4) is 0 Å². The predicted molar refractivity (Wildman–Crippen MR) is 81.4 cm³/mol. The Hall–Kier alpha value is -1.44. The molecule has 0 amide bonds. The lowest BCUT2D eigenvalue weighted by molar-refractivity contribution is -0.117. The molecule has 2 rings (SSSR count). The SMILES string of the molecule is CC(C)=CCC[C@@H]1CC[C@@H](C)C2=C1C(=O)C(C)=CC2=O. The molecule has 2 aliphatic rings. The molecule has 0 heterocycles. The standard InChI is InChI=1S/C18H24O2/c1-11(2)6-5-7-14-9-8-12(3)16-15(19)10-13(4)18(20)17(14)16/h6,10,12,14H,5,7-9H2,1-4H3/t12-,14-/m1/s1. The third-order valence-electron chi connectivity index (χ3n) is 4.42. The molecule has 0 radical (unpaired) electrons. The summed E-state index contributed by atoms with van der Waals surface area (Å²) >= 11 is 0. The van der Waals surface area contributed by atoms with Gasteiger partial charge in [-0.05, 0) is 64.4 Å². The van der Waals surface area contributed by atoms with Gasteiger partial charge in [0.05, 0.1) is 0 Å². The highest BCUT2D eigenvalue weighted by Crippen LogP contribution is 2.40. The highest BCUT2D eigenvalue weighted by molar-refractivity contribution is 6.23. The second kappa shape index (κ2) is 5.90. The normalized spacial score (nSPS) is 26.3. The van der Waals surface area contributed by atoms with Crippen LogP contribution in [0.25, 0.3) is 0 Å². The Kier molecular flexibility index (Phi) is 4.42. The van der Waals surface area contributed by atoms with Crippen LogP contribution in [0.1, 0.15) is 53.4 Å². The van der Waals surface area contributed by atoms with Crippen LogP contribution in [-0.2, 0) is 9.59 Å². The van der Waals surface area contributed by atoms with Crippen molar-refractivity contribution in [2.75, 3.05) is 0 Å². The molecule has 0 saturated heterocycles. The van der Waals surface area contributed by atoms with E-state index >= 15 is 0 Å². The van der Waals surface area contributed by atoms with E-state index in [1.54, 1.807) is 6.92 Å². The van der Waals surface area contributed by atoms with Crippen molar-refractivity contribution in [1.29, 1.82) is 0 Å². The number of Topliss-reactive ketones (excluding diaryl/α,β-unsaturated/α-hetero) is 1. The summed E-state index contributed by atoms with van der Waals surface area (Å²) in [6.45, 7) is 8.02. The number of ketones is 2. The third kappa shape index (κ3) is 2.84. The Morgan fingerprint density at radius 2 is 1.95 bits per heavy atom. The molecule has 0 unspecified atom stereocenters. The minimum absolute atomic E-state index is 0.0662. The maximum atomic E-state index is 12.5. The average Bonchev–Trinajstić information content (AvgIpc) is 2.37. The van der Waals surface area contributed by atoms with Gasteiger partial charge in [-0.1, -0.05) is 18.6 Å². The fourth-order valence-electron chi connectivity index (χ4n) is 3.32. The summed E-state index contributed by atoms with van der Waals surface area (Å²) in [6.07, 6.45) is 7.75. The van der Waals surface area contributed by atoms with Gasteiger partial charge >= 0.3 is 0 Å². The molecule has 0 saturated carbocycles. The van der Waals surface area contributed by atoms with E-state index in [0.717, 1.165) is 36.8 Å². The van der Waals surface area contributed by atoms with E-state index in [2.05, 4.69) is 26.8 Å². The molecule has 2 nitrogen and oxygen atoms in total. The van der Waals surface area contributed by atoms with Gasteiger partial charge in [-0.25, -0.2) is 0 Å². The highest BCUT2D eigenvalue weighted by atomic mass is 16.1. The smallest absolute Gasteiger partial charge is 0.185 e. The van der Waals surface area contributed by atoms with Gasteiger partial charge in [0.25, 0.3) is 0 Å². The van der Waals surface area contributed by atoms with Crippen LogP contribution in [0, 0.1) is 11.8 Å². The Morgan fingerprint density at radius 1 is 1.25 bits per heavy atom. The summed E-state index contributed by atoms with van der Waals surface area (Å²) < 4.78 is 0. The molecule has 0 bridgehead atoms. The molecular weight excluding hydrogens is 248 g/mol. The molecule has 0 fully saturated rings. The summed E-state index contributed by atoms with van der Waals surface area (Å²) in [5.41, 5.74) is 3.55. The third-order valence-corrected chi connectivity index (χ3v) is 4.42. The molecular formula is C18H24O2. The van der Waals surface area contributed by atoms with Crippen LogP contribution >= 0.6 is 0 Å². The molecule has 108 valence electrons. The molecule has 0 aromatic rings. The Morgan fingerprint density at radius 3 is 2.60 bits per heavy atom. The molecule has 2 aliphatic carbocycles. The van der Waals surface area contributed by atoms with Crippen LogP contribution in [0.5, 0.6) is 0 Å². The minimum atomic E-state index is 0.0662. The lowest BCUT2D eigenvalue weighted by atomic mass is 9.69. The zero-order valence-electron chi connectivity index (χ0n) is 13.0. The van der Waals surface area contributed by atoms with Crippen molar-refractivity contribution in [3.63, 3.8) is 0 Å². The van der Waals surface area contributed by atoms with Crippen molar-refractivity contribution in [2.45, 2.75) is 53.4 Å². The zero-order valence-corrected chi connectivity index (χ0v) is 13.0. The van der Waals surface area contributed by atoms with Crippen molar-refractivity contribution in [3.8, 4) is 0 Å². The quantitative estimate of drug-likeness (QED) is 0.570. The fourth-order valence-corrected chi connectivity index (χ4v) is 3.32. The Bertz CT molecular complexity index is 528. The van der Waals surface area contributed by atoms with Gasteiger partial charge in [0.2, 0.25) is 0 Å². The molecule has 20 heavy (non-hydrogen) atoms. The van der Waals surface area contributed by atoms with E-state index < -0.39 is 0 Å². The van der Waals surface area contributed by atoms with Crippen LogP contribution < -0.4 is 0 Å². The summed E-state index contributed by atoms with van der Waals surface area (Å²) in [7, 11) is 0. The second-order valence-corrected chi connectivity index (χ2v) is 6.38. The first-order valence-corrected chi connectivity index (χ1v) is 7.56. The van der Waals surface area contributed by atoms with Crippen LogP contribution in [0.2, 0.25) is 0 Å². The first-order chi connectivity index (χ1) is 9.41. The van der Waals surface area contributed by atoms with Crippen LogP contribution in [0.15, 0.2) is 34.4 Å². The van der Waals surface area contributed by atoms with E-state index in [1.165, 1.54) is 11.6 Å². The number of allylic oxidation sites excluding steroid dienone is 6. The lowest BCUT2D eigenvalue weighted by Crippen LogP contribution is -2.30. The van der Waals surface area contributed by atoms with Gasteiger partial charge in [0.15, 0.2) is 11.6 Å². The van der Waals surface area contributed by atoms with E-state index in [9.17, 15) is 9.59 Å². The maximum Gasteiger partial charge on any atom is 0.185 e. The van der Waals surface area contributed by atoms with Crippen LogP contribution in [-0.4, -0.2) is 11.6 Å². The largest absolute Gasteiger partial charge is 0.290 e. The van der Waals surface area contributed by atoms with Gasteiger partial charge in [-0.15, -0.1) is 0 Å². The Balaban J connectivity index is 2.29. The zero-order chi connectivity index (χ0) is 14.9.